The minimum Gasteiger partial charge on any atom is -0.370 e. The van der Waals surface area contributed by atoms with Crippen molar-refractivity contribution < 1.29 is 0 Å². The molecule has 0 bridgehead atoms. The van der Waals surface area contributed by atoms with Crippen molar-refractivity contribution in [2.75, 3.05) is 0 Å². The monoisotopic (exact) mass is 333 g/mol. The fraction of sp³-hybridized carbons (Fsp3) is 0.0667. The number of halogens is 1. The van der Waals surface area contributed by atoms with Gasteiger partial charge in [-0.05, 0) is 23.8 Å². The van der Waals surface area contributed by atoms with Crippen molar-refractivity contribution in [3.63, 3.8) is 0 Å². The van der Waals surface area contributed by atoms with Gasteiger partial charge < -0.3 is 17.2 Å². The first-order valence-corrected chi connectivity index (χ1v) is 7.81. The van der Waals surface area contributed by atoms with Crippen LogP contribution < -0.4 is 17.2 Å². The van der Waals surface area contributed by atoms with E-state index in [1.54, 1.807) is 11.8 Å². The minimum absolute atomic E-state index is 0.0193. The molecule has 5 nitrogen and oxygen atoms in total. The highest BCUT2D eigenvalue weighted by atomic mass is 35.5. The molecule has 0 spiro atoms. The number of nitrogens with two attached hydrogens (primary N) is 3. The second-order valence-corrected chi connectivity index (χ2v) is 5.78. The van der Waals surface area contributed by atoms with Crippen molar-refractivity contribution in [3.05, 3.63) is 59.1 Å². The molecule has 2 aromatic carbocycles. The van der Waals surface area contributed by atoms with E-state index in [1.807, 2.05) is 48.5 Å². The molecule has 7 heteroatoms. The summed E-state index contributed by atoms with van der Waals surface area (Å²) in [5, 5.41) is 0.746. The number of hydrogen-bond acceptors (Lipinski definition) is 2. The van der Waals surface area contributed by atoms with Crippen molar-refractivity contribution in [3.8, 4) is 0 Å². The zero-order chi connectivity index (χ0) is 15.9. The molecule has 0 saturated heterocycles. The number of hydrogen-bond donors (Lipinski definition) is 3. The molecular formula is C15H16ClN5S. The maximum atomic E-state index is 6.17. The van der Waals surface area contributed by atoms with Crippen molar-refractivity contribution in [2.24, 2.45) is 27.2 Å². The van der Waals surface area contributed by atoms with Gasteiger partial charge in [0, 0.05) is 15.7 Å². The largest absolute Gasteiger partial charge is 0.370 e. The molecule has 0 fully saturated rings. The molecule has 114 valence electrons. The van der Waals surface area contributed by atoms with Crippen molar-refractivity contribution in [2.45, 2.75) is 10.6 Å². The first kappa shape index (κ1) is 16.2. The van der Waals surface area contributed by atoms with Crippen LogP contribution in [0.25, 0.3) is 0 Å². The average Bonchev–Trinajstić information content (AvgIpc) is 2.47. The van der Waals surface area contributed by atoms with Gasteiger partial charge in [0.05, 0.1) is 5.69 Å². The van der Waals surface area contributed by atoms with Gasteiger partial charge in [-0.15, -0.1) is 11.8 Å². The van der Waals surface area contributed by atoms with E-state index in [4.69, 9.17) is 28.8 Å². The molecule has 0 unspecified atom stereocenters. The lowest BCUT2D eigenvalue weighted by Gasteiger charge is -2.07. The Balaban J connectivity index is 2.19. The maximum absolute atomic E-state index is 6.17. The molecule has 0 saturated carbocycles. The van der Waals surface area contributed by atoms with Crippen LogP contribution in [0.5, 0.6) is 0 Å². The topological polar surface area (TPSA) is 103 Å². The van der Waals surface area contributed by atoms with Crippen LogP contribution in [0.1, 0.15) is 5.56 Å². The summed E-state index contributed by atoms with van der Waals surface area (Å²) in [6.45, 7) is 0. The Bertz CT molecular complexity index is 711. The second kappa shape index (κ2) is 7.72. The smallest absolute Gasteiger partial charge is 0.223 e. The van der Waals surface area contributed by atoms with Gasteiger partial charge in [0.2, 0.25) is 5.96 Å². The molecule has 0 heterocycles. The number of thioether (sulfide) groups is 1. The summed E-state index contributed by atoms with van der Waals surface area (Å²) in [5.74, 6) is 0.627. The molecule has 22 heavy (non-hydrogen) atoms. The normalized spacial score (nSPS) is 11.2. The van der Waals surface area contributed by atoms with Gasteiger partial charge in [0.15, 0.2) is 5.96 Å². The molecular weight excluding hydrogens is 318 g/mol. The lowest BCUT2D eigenvalue weighted by atomic mass is 10.2. The van der Waals surface area contributed by atoms with Crippen molar-refractivity contribution in [1.82, 2.24) is 0 Å². The van der Waals surface area contributed by atoms with Gasteiger partial charge in [0.25, 0.3) is 0 Å². The lowest BCUT2D eigenvalue weighted by molar-refractivity contribution is 1.31. The van der Waals surface area contributed by atoms with E-state index < -0.39 is 0 Å². The van der Waals surface area contributed by atoms with Gasteiger partial charge in [0.1, 0.15) is 0 Å². The molecule has 0 radical (unpaired) electrons. The van der Waals surface area contributed by atoms with E-state index in [0.29, 0.717) is 5.69 Å². The van der Waals surface area contributed by atoms with E-state index in [9.17, 15) is 0 Å². The first-order valence-electron chi connectivity index (χ1n) is 6.45. The van der Waals surface area contributed by atoms with Crippen LogP contribution >= 0.6 is 23.4 Å². The van der Waals surface area contributed by atoms with Gasteiger partial charge in [-0.1, -0.05) is 41.9 Å². The predicted octanol–water partition coefficient (Wildman–Crippen LogP) is 2.85. The van der Waals surface area contributed by atoms with E-state index >= 15 is 0 Å². The number of aliphatic imine (C=N–C) groups is 2. The minimum atomic E-state index is -0.123. The molecule has 6 N–H and O–H groups in total. The van der Waals surface area contributed by atoms with Crippen LogP contribution in [0.4, 0.5) is 5.69 Å². The summed E-state index contributed by atoms with van der Waals surface area (Å²) >= 11 is 7.78. The Labute approximate surface area is 138 Å². The molecule has 0 aliphatic heterocycles. The summed E-state index contributed by atoms with van der Waals surface area (Å²) in [5.41, 5.74) is 18.0. The second-order valence-electron chi connectivity index (χ2n) is 4.35. The van der Waals surface area contributed by atoms with E-state index in [1.165, 1.54) is 0 Å². The van der Waals surface area contributed by atoms with Gasteiger partial charge in [-0.3, -0.25) is 0 Å². The molecule has 0 aliphatic rings. The summed E-state index contributed by atoms with van der Waals surface area (Å²) in [7, 11) is 0. The quantitative estimate of drug-likeness (QED) is 0.454. The standard InChI is InChI=1S/C15H16ClN5S/c16-11-6-2-1-5-10(11)9-22-13-8-4-3-7-12(13)20-15(19)21-14(17)18/h1-8H,9H2,(H6,17,18,19,20,21). The first-order chi connectivity index (χ1) is 10.6. The zero-order valence-corrected chi connectivity index (χ0v) is 13.3. The summed E-state index contributed by atoms with van der Waals surface area (Å²) in [4.78, 5) is 8.91. The van der Waals surface area contributed by atoms with Gasteiger partial charge >= 0.3 is 0 Å². The van der Waals surface area contributed by atoms with Crippen LogP contribution in [-0.4, -0.2) is 11.9 Å². The third-order valence-corrected chi connectivity index (χ3v) is 4.17. The van der Waals surface area contributed by atoms with Crippen LogP contribution in [0.2, 0.25) is 5.02 Å². The van der Waals surface area contributed by atoms with Gasteiger partial charge in [-0.25, -0.2) is 4.99 Å². The average molecular weight is 334 g/mol. The highest BCUT2D eigenvalue weighted by Gasteiger charge is 2.05. The van der Waals surface area contributed by atoms with Crippen LogP contribution in [-0.2, 0) is 5.75 Å². The Hall–Kier alpha value is -2.18. The molecule has 0 aromatic heterocycles. The predicted molar refractivity (Wildman–Crippen MR) is 94.5 cm³/mol. The Morgan fingerprint density at radius 1 is 1.00 bits per heavy atom. The fourth-order valence-corrected chi connectivity index (χ4v) is 3.00. The Morgan fingerprint density at radius 2 is 1.68 bits per heavy atom. The number of benzene rings is 2. The Kier molecular flexibility index (Phi) is 5.68. The molecule has 2 rings (SSSR count). The number of guanidine groups is 2. The van der Waals surface area contributed by atoms with Crippen molar-refractivity contribution in [1.29, 1.82) is 0 Å². The third kappa shape index (κ3) is 4.68. The van der Waals surface area contributed by atoms with E-state index in [0.717, 1.165) is 21.2 Å². The summed E-state index contributed by atoms with van der Waals surface area (Å²) in [6, 6.07) is 15.4. The fourth-order valence-electron chi connectivity index (χ4n) is 1.72. The number of para-hydroxylation sites is 1. The summed E-state index contributed by atoms with van der Waals surface area (Å²) in [6.07, 6.45) is 0. The summed E-state index contributed by atoms with van der Waals surface area (Å²) < 4.78 is 0. The zero-order valence-electron chi connectivity index (χ0n) is 11.7. The molecule has 0 amide bonds. The highest BCUT2D eigenvalue weighted by molar-refractivity contribution is 7.98. The number of rotatable bonds is 4. The lowest BCUT2D eigenvalue weighted by Crippen LogP contribution is -2.26. The molecule has 0 aliphatic carbocycles. The van der Waals surface area contributed by atoms with Gasteiger partial charge in [-0.2, -0.15) is 4.99 Å². The van der Waals surface area contributed by atoms with Crippen molar-refractivity contribution >= 4 is 41.0 Å². The molecule has 0 atom stereocenters. The maximum Gasteiger partial charge on any atom is 0.223 e. The SMILES string of the molecule is NC(N)=NC(N)=Nc1ccccc1SCc1ccccc1Cl. The van der Waals surface area contributed by atoms with E-state index in [-0.39, 0.29) is 11.9 Å². The van der Waals surface area contributed by atoms with E-state index in [2.05, 4.69) is 9.98 Å². The van der Waals surface area contributed by atoms with Crippen LogP contribution in [0, 0.1) is 0 Å². The number of nitrogens with zero attached hydrogens (tertiary/aromatic N) is 2. The van der Waals surface area contributed by atoms with Crippen LogP contribution in [0.15, 0.2) is 63.4 Å². The third-order valence-electron chi connectivity index (χ3n) is 2.68. The molecule has 2 aromatic rings. The highest BCUT2D eigenvalue weighted by Crippen LogP contribution is 2.33. The van der Waals surface area contributed by atoms with Crippen LogP contribution in [0.3, 0.4) is 0 Å². The Morgan fingerprint density at radius 3 is 2.41 bits per heavy atom.